The van der Waals surface area contributed by atoms with Crippen LogP contribution in [0.3, 0.4) is 0 Å². The van der Waals surface area contributed by atoms with Crippen LogP contribution in [-0.2, 0) is 11.2 Å². The van der Waals surface area contributed by atoms with Crippen molar-refractivity contribution in [3.8, 4) is 0 Å². The Morgan fingerprint density at radius 3 is 3.00 bits per heavy atom. The van der Waals surface area contributed by atoms with Gasteiger partial charge in [-0.05, 0) is 18.1 Å². The van der Waals surface area contributed by atoms with Crippen molar-refractivity contribution in [3.63, 3.8) is 0 Å². The van der Waals surface area contributed by atoms with E-state index in [4.69, 9.17) is 5.73 Å². The van der Waals surface area contributed by atoms with Gasteiger partial charge in [-0.3, -0.25) is 9.89 Å². The summed E-state index contributed by atoms with van der Waals surface area (Å²) in [6, 6.07) is 7.34. The molecule has 0 bridgehead atoms. The van der Waals surface area contributed by atoms with E-state index in [1.54, 1.807) is 6.20 Å². The molecule has 1 atom stereocenters. The van der Waals surface area contributed by atoms with Crippen LogP contribution in [0.4, 0.5) is 5.69 Å². The fourth-order valence-electron chi connectivity index (χ4n) is 2.18. The van der Waals surface area contributed by atoms with Crippen LogP contribution in [0, 0.1) is 0 Å². The molecule has 2 aromatic heterocycles. The highest BCUT2D eigenvalue weighted by molar-refractivity contribution is 5.95. The molecular formula is C14H15N5O. The number of aromatic amines is 2. The lowest BCUT2D eigenvalue weighted by Gasteiger charge is -2.10. The van der Waals surface area contributed by atoms with Gasteiger partial charge in [0.05, 0.1) is 17.9 Å². The number of para-hydroxylation sites is 1. The molecule has 0 radical (unpaired) electrons. The number of hydrogen-bond acceptors (Lipinski definition) is 3. The quantitative estimate of drug-likeness (QED) is 0.576. The summed E-state index contributed by atoms with van der Waals surface area (Å²) < 4.78 is 0. The Bertz CT molecular complexity index is 716. The van der Waals surface area contributed by atoms with E-state index in [9.17, 15) is 4.79 Å². The van der Waals surface area contributed by atoms with Crippen molar-refractivity contribution in [2.75, 3.05) is 5.32 Å². The number of benzene rings is 1. The summed E-state index contributed by atoms with van der Waals surface area (Å²) in [5.41, 5.74) is 8.66. The first-order valence-electron chi connectivity index (χ1n) is 6.34. The SMILES string of the molecule is N[C@@H](Cc1c[nH]c2ccccc12)C(=O)Nc1cn[nH]c1. The zero-order valence-electron chi connectivity index (χ0n) is 10.8. The van der Waals surface area contributed by atoms with Gasteiger partial charge in [-0.2, -0.15) is 5.10 Å². The number of nitrogens with one attached hydrogen (secondary N) is 3. The molecule has 0 spiro atoms. The lowest BCUT2D eigenvalue weighted by molar-refractivity contribution is -0.117. The molecule has 6 heteroatoms. The zero-order chi connectivity index (χ0) is 13.9. The van der Waals surface area contributed by atoms with Gasteiger partial charge in [-0.25, -0.2) is 0 Å². The van der Waals surface area contributed by atoms with E-state index < -0.39 is 6.04 Å². The van der Waals surface area contributed by atoms with Crippen molar-refractivity contribution in [1.82, 2.24) is 15.2 Å². The Labute approximate surface area is 115 Å². The molecule has 1 aromatic carbocycles. The first-order valence-corrected chi connectivity index (χ1v) is 6.34. The molecule has 1 amide bonds. The van der Waals surface area contributed by atoms with Crippen molar-refractivity contribution in [2.24, 2.45) is 5.73 Å². The number of aromatic nitrogens is 3. The summed E-state index contributed by atoms with van der Waals surface area (Å²) in [4.78, 5) is 15.2. The van der Waals surface area contributed by atoms with Crippen LogP contribution in [0.5, 0.6) is 0 Å². The molecule has 0 unspecified atom stereocenters. The highest BCUT2D eigenvalue weighted by atomic mass is 16.2. The molecule has 102 valence electrons. The summed E-state index contributed by atoms with van der Waals surface area (Å²) in [6.07, 6.45) is 5.52. The van der Waals surface area contributed by atoms with Gasteiger partial charge in [0, 0.05) is 23.3 Å². The number of amides is 1. The fourth-order valence-corrected chi connectivity index (χ4v) is 2.18. The molecule has 0 saturated heterocycles. The number of H-pyrrole nitrogens is 2. The second kappa shape index (κ2) is 5.18. The molecule has 5 N–H and O–H groups in total. The van der Waals surface area contributed by atoms with Gasteiger partial charge in [-0.1, -0.05) is 18.2 Å². The summed E-state index contributed by atoms with van der Waals surface area (Å²) in [6.45, 7) is 0. The van der Waals surface area contributed by atoms with E-state index in [2.05, 4.69) is 20.5 Å². The molecule has 0 saturated carbocycles. The van der Waals surface area contributed by atoms with Gasteiger partial charge in [-0.15, -0.1) is 0 Å². The second-order valence-corrected chi connectivity index (χ2v) is 4.65. The Hall–Kier alpha value is -2.60. The van der Waals surface area contributed by atoms with E-state index in [0.717, 1.165) is 16.5 Å². The maximum Gasteiger partial charge on any atom is 0.241 e. The van der Waals surface area contributed by atoms with Gasteiger partial charge in [0.15, 0.2) is 0 Å². The van der Waals surface area contributed by atoms with E-state index >= 15 is 0 Å². The molecule has 0 fully saturated rings. The minimum Gasteiger partial charge on any atom is -0.361 e. The number of carbonyl (C=O) groups is 1. The standard InChI is InChI=1S/C14H15N5O/c15-12(14(20)19-10-7-17-18-8-10)5-9-6-16-13-4-2-1-3-11(9)13/h1-4,6-8,12,16H,5,15H2,(H,17,18)(H,19,20)/t12-/m0/s1. The normalized spacial score (nSPS) is 12.4. The summed E-state index contributed by atoms with van der Waals surface area (Å²) in [7, 11) is 0. The van der Waals surface area contributed by atoms with Crippen LogP contribution < -0.4 is 11.1 Å². The number of fused-ring (bicyclic) bond motifs is 1. The second-order valence-electron chi connectivity index (χ2n) is 4.65. The summed E-state index contributed by atoms with van der Waals surface area (Å²) in [5.74, 6) is -0.225. The number of hydrogen-bond donors (Lipinski definition) is 4. The van der Waals surface area contributed by atoms with Crippen molar-refractivity contribution in [3.05, 3.63) is 48.4 Å². The Kier molecular flexibility index (Phi) is 3.22. The minimum atomic E-state index is -0.607. The number of anilines is 1. The van der Waals surface area contributed by atoms with Crippen LogP contribution in [0.25, 0.3) is 10.9 Å². The third-order valence-corrected chi connectivity index (χ3v) is 3.22. The third-order valence-electron chi connectivity index (χ3n) is 3.22. The number of carbonyl (C=O) groups excluding carboxylic acids is 1. The summed E-state index contributed by atoms with van der Waals surface area (Å²) >= 11 is 0. The Morgan fingerprint density at radius 2 is 2.20 bits per heavy atom. The van der Waals surface area contributed by atoms with Crippen molar-refractivity contribution in [2.45, 2.75) is 12.5 Å². The van der Waals surface area contributed by atoms with Gasteiger partial charge in [0.25, 0.3) is 0 Å². The average molecular weight is 269 g/mol. The van der Waals surface area contributed by atoms with Gasteiger partial charge >= 0.3 is 0 Å². The molecule has 6 nitrogen and oxygen atoms in total. The van der Waals surface area contributed by atoms with Crippen LogP contribution in [0.1, 0.15) is 5.56 Å². The van der Waals surface area contributed by atoms with Crippen LogP contribution in [0.2, 0.25) is 0 Å². The van der Waals surface area contributed by atoms with E-state index in [1.165, 1.54) is 6.20 Å². The van der Waals surface area contributed by atoms with Crippen molar-refractivity contribution in [1.29, 1.82) is 0 Å². The molecular weight excluding hydrogens is 254 g/mol. The molecule has 0 aliphatic rings. The Morgan fingerprint density at radius 1 is 1.35 bits per heavy atom. The summed E-state index contributed by atoms with van der Waals surface area (Å²) in [5, 5.41) is 10.2. The van der Waals surface area contributed by atoms with E-state index in [0.29, 0.717) is 12.1 Å². The monoisotopic (exact) mass is 269 g/mol. The maximum atomic E-state index is 12.0. The van der Waals surface area contributed by atoms with Crippen LogP contribution in [0.15, 0.2) is 42.9 Å². The molecule has 0 aliphatic heterocycles. The minimum absolute atomic E-state index is 0.225. The molecule has 0 aliphatic carbocycles. The molecule has 3 rings (SSSR count). The molecule has 3 aromatic rings. The molecule has 20 heavy (non-hydrogen) atoms. The first kappa shape index (κ1) is 12.4. The van der Waals surface area contributed by atoms with Crippen molar-refractivity contribution < 1.29 is 4.79 Å². The van der Waals surface area contributed by atoms with Crippen LogP contribution >= 0.6 is 0 Å². The van der Waals surface area contributed by atoms with Gasteiger partial charge in [0.1, 0.15) is 0 Å². The van der Waals surface area contributed by atoms with Crippen molar-refractivity contribution >= 4 is 22.5 Å². The smallest absolute Gasteiger partial charge is 0.241 e. The zero-order valence-corrected chi connectivity index (χ0v) is 10.8. The first-order chi connectivity index (χ1) is 9.74. The third kappa shape index (κ3) is 2.41. The molecule has 2 heterocycles. The van der Waals surface area contributed by atoms with E-state index in [-0.39, 0.29) is 5.91 Å². The van der Waals surface area contributed by atoms with Crippen LogP contribution in [-0.4, -0.2) is 27.1 Å². The predicted octanol–water partition coefficient (Wildman–Crippen LogP) is 1.40. The number of nitrogens with two attached hydrogens (primary N) is 1. The average Bonchev–Trinajstić information content (AvgIpc) is 3.09. The largest absolute Gasteiger partial charge is 0.361 e. The fraction of sp³-hybridized carbons (Fsp3) is 0.143. The topological polar surface area (TPSA) is 99.6 Å². The van der Waals surface area contributed by atoms with Gasteiger partial charge < -0.3 is 16.0 Å². The lowest BCUT2D eigenvalue weighted by Crippen LogP contribution is -2.37. The predicted molar refractivity (Wildman–Crippen MR) is 77.2 cm³/mol. The van der Waals surface area contributed by atoms with Gasteiger partial charge in [0.2, 0.25) is 5.91 Å². The highest BCUT2D eigenvalue weighted by Crippen LogP contribution is 2.19. The maximum absolute atomic E-state index is 12.0. The number of nitrogens with zero attached hydrogens (tertiary/aromatic N) is 1. The lowest BCUT2D eigenvalue weighted by atomic mass is 10.1. The highest BCUT2D eigenvalue weighted by Gasteiger charge is 2.16. The number of rotatable bonds is 4. The Balaban J connectivity index is 1.72. The van der Waals surface area contributed by atoms with E-state index in [1.807, 2.05) is 30.5 Å².